The van der Waals surface area contributed by atoms with Crippen LogP contribution in [0.4, 0.5) is 36.3 Å². The summed E-state index contributed by atoms with van der Waals surface area (Å²) >= 11 is 0. The Morgan fingerprint density at radius 1 is 1.17 bits per heavy atom. The Kier molecular flexibility index (Phi) is 5.17. The van der Waals surface area contributed by atoms with Crippen LogP contribution < -0.4 is 16.0 Å². The molecule has 0 unspecified atom stereocenters. The predicted octanol–water partition coefficient (Wildman–Crippen LogP) is 3.18. The van der Waals surface area contributed by atoms with Crippen LogP contribution in [0.15, 0.2) is 43.0 Å². The third kappa shape index (κ3) is 4.45. The molecular formula is C19H16F3N7O. The number of aromatic nitrogens is 4. The molecule has 0 spiro atoms. The molecule has 1 amide bonds. The molecule has 2 aromatic heterocycles. The van der Waals surface area contributed by atoms with Crippen LogP contribution in [-0.4, -0.2) is 32.4 Å². The average Bonchev–Trinajstić information content (AvgIpc) is 3.07. The van der Waals surface area contributed by atoms with Gasteiger partial charge < -0.3 is 16.0 Å². The Bertz CT molecular complexity index is 1070. The van der Waals surface area contributed by atoms with Gasteiger partial charge in [-0.3, -0.25) is 4.79 Å². The van der Waals surface area contributed by atoms with Gasteiger partial charge in [0.2, 0.25) is 11.9 Å². The van der Waals surface area contributed by atoms with Gasteiger partial charge in [-0.15, -0.1) is 0 Å². The lowest BCUT2D eigenvalue weighted by Gasteiger charge is -2.15. The van der Waals surface area contributed by atoms with Gasteiger partial charge in [0, 0.05) is 42.4 Å². The Morgan fingerprint density at radius 2 is 2.03 bits per heavy atom. The van der Waals surface area contributed by atoms with Crippen LogP contribution in [0.2, 0.25) is 0 Å². The summed E-state index contributed by atoms with van der Waals surface area (Å²) in [6.07, 6.45) is -0.276. The molecule has 1 aromatic carbocycles. The van der Waals surface area contributed by atoms with Crippen molar-refractivity contribution in [1.29, 1.82) is 0 Å². The molecular weight excluding hydrogens is 399 g/mol. The third-order valence-corrected chi connectivity index (χ3v) is 4.40. The van der Waals surface area contributed by atoms with E-state index >= 15 is 0 Å². The smallest absolute Gasteiger partial charge is 0.369 e. The van der Waals surface area contributed by atoms with E-state index in [9.17, 15) is 18.0 Å². The molecule has 4 rings (SSSR count). The summed E-state index contributed by atoms with van der Waals surface area (Å²) in [5, 5.41) is 8.32. The maximum absolute atomic E-state index is 13.3. The Hall–Kier alpha value is -3.76. The van der Waals surface area contributed by atoms with E-state index in [4.69, 9.17) is 0 Å². The highest BCUT2D eigenvalue weighted by Crippen LogP contribution is 2.34. The number of halogens is 3. The quantitative estimate of drug-likeness (QED) is 0.568. The fourth-order valence-corrected chi connectivity index (χ4v) is 3.00. The first-order valence-corrected chi connectivity index (χ1v) is 9.01. The lowest BCUT2D eigenvalue weighted by Crippen LogP contribution is -2.16. The Morgan fingerprint density at radius 3 is 2.80 bits per heavy atom. The van der Waals surface area contributed by atoms with E-state index in [2.05, 4.69) is 35.9 Å². The maximum atomic E-state index is 13.3. The van der Waals surface area contributed by atoms with Crippen LogP contribution in [0, 0.1) is 0 Å². The number of fused-ring (bicyclic) bond motifs is 1. The number of carbonyl (C=O) groups excluding carboxylic acids is 1. The molecule has 11 heteroatoms. The first-order valence-electron chi connectivity index (χ1n) is 9.01. The molecule has 1 aliphatic heterocycles. The fraction of sp³-hybridized carbons (Fsp3) is 0.211. The standard InChI is InChI=1S/C19H16F3N7O/c20-19(21,22)14-9-25-18(27-13-1-2-15-11(7-13)8-16(30)28-15)29-17(14)24-6-4-12-3-5-23-10-26-12/h1-3,5,7,9-10H,4,6,8H2,(H,28,30)(H2,24,25,27,29). The number of alkyl halides is 3. The monoisotopic (exact) mass is 415 g/mol. The van der Waals surface area contributed by atoms with Crippen LogP contribution in [-0.2, 0) is 23.8 Å². The van der Waals surface area contributed by atoms with Crippen molar-refractivity contribution in [3.05, 3.63) is 59.8 Å². The molecule has 8 nitrogen and oxygen atoms in total. The predicted molar refractivity (Wildman–Crippen MR) is 103 cm³/mol. The second kappa shape index (κ2) is 7.93. The van der Waals surface area contributed by atoms with Crippen molar-refractivity contribution in [1.82, 2.24) is 19.9 Å². The van der Waals surface area contributed by atoms with Crippen molar-refractivity contribution in [3.8, 4) is 0 Å². The molecule has 0 saturated carbocycles. The highest BCUT2D eigenvalue weighted by atomic mass is 19.4. The van der Waals surface area contributed by atoms with Crippen molar-refractivity contribution < 1.29 is 18.0 Å². The SMILES string of the molecule is O=C1Cc2cc(Nc3ncc(C(F)(F)F)c(NCCc4ccncn4)n3)ccc2N1. The van der Waals surface area contributed by atoms with E-state index in [0.717, 1.165) is 11.8 Å². The summed E-state index contributed by atoms with van der Waals surface area (Å²) in [4.78, 5) is 27.1. The van der Waals surface area contributed by atoms with Gasteiger partial charge in [0.25, 0.3) is 0 Å². The van der Waals surface area contributed by atoms with Gasteiger partial charge >= 0.3 is 6.18 Å². The van der Waals surface area contributed by atoms with E-state index in [0.29, 0.717) is 23.5 Å². The minimum atomic E-state index is -4.60. The van der Waals surface area contributed by atoms with Gasteiger partial charge in [0.1, 0.15) is 17.7 Å². The van der Waals surface area contributed by atoms with Gasteiger partial charge in [0.15, 0.2) is 0 Å². The minimum absolute atomic E-state index is 0.00442. The number of hydrogen-bond acceptors (Lipinski definition) is 7. The number of carbonyl (C=O) groups is 1. The number of anilines is 4. The molecule has 0 atom stereocenters. The number of nitrogens with one attached hydrogen (secondary N) is 3. The largest absolute Gasteiger partial charge is 0.421 e. The lowest BCUT2D eigenvalue weighted by molar-refractivity contribution is -0.137. The minimum Gasteiger partial charge on any atom is -0.369 e. The van der Waals surface area contributed by atoms with Crippen LogP contribution in [0.5, 0.6) is 0 Å². The molecule has 0 bridgehead atoms. The van der Waals surface area contributed by atoms with Crippen LogP contribution >= 0.6 is 0 Å². The number of benzene rings is 1. The van der Waals surface area contributed by atoms with Gasteiger partial charge in [-0.05, 0) is 29.8 Å². The van der Waals surface area contributed by atoms with E-state index < -0.39 is 11.7 Å². The van der Waals surface area contributed by atoms with E-state index in [1.54, 1.807) is 30.5 Å². The highest BCUT2D eigenvalue weighted by molar-refractivity contribution is 5.99. The van der Waals surface area contributed by atoms with E-state index in [-0.39, 0.29) is 30.6 Å². The number of nitrogens with zero attached hydrogens (tertiary/aromatic N) is 4. The number of rotatable bonds is 6. The Balaban J connectivity index is 1.52. The van der Waals surface area contributed by atoms with Crippen molar-refractivity contribution in [2.45, 2.75) is 19.0 Å². The van der Waals surface area contributed by atoms with Crippen molar-refractivity contribution in [3.63, 3.8) is 0 Å². The fourth-order valence-electron chi connectivity index (χ4n) is 3.00. The maximum Gasteiger partial charge on any atom is 0.421 e. The molecule has 0 radical (unpaired) electrons. The van der Waals surface area contributed by atoms with Gasteiger partial charge in [-0.2, -0.15) is 18.2 Å². The van der Waals surface area contributed by atoms with Gasteiger partial charge in [0.05, 0.1) is 6.42 Å². The number of amides is 1. The summed E-state index contributed by atoms with van der Waals surface area (Å²) in [6.45, 7) is 0.198. The van der Waals surface area contributed by atoms with Crippen molar-refractivity contribution in [2.75, 3.05) is 22.5 Å². The molecule has 0 fully saturated rings. The molecule has 3 aromatic rings. The molecule has 3 heterocycles. The molecule has 30 heavy (non-hydrogen) atoms. The van der Waals surface area contributed by atoms with E-state index in [1.807, 2.05) is 0 Å². The van der Waals surface area contributed by atoms with Crippen LogP contribution in [0.25, 0.3) is 0 Å². The average molecular weight is 415 g/mol. The summed E-state index contributed by atoms with van der Waals surface area (Å²) in [5.41, 5.74) is 1.81. The van der Waals surface area contributed by atoms with Gasteiger partial charge in [-0.1, -0.05) is 0 Å². The lowest BCUT2D eigenvalue weighted by atomic mass is 10.1. The Labute approximate surface area is 169 Å². The molecule has 1 aliphatic rings. The van der Waals surface area contributed by atoms with Crippen LogP contribution in [0.3, 0.4) is 0 Å². The van der Waals surface area contributed by atoms with Crippen LogP contribution in [0.1, 0.15) is 16.8 Å². The van der Waals surface area contributed by atoms with Crippen molar-refractivity contribution >= 4 is 29.0 Å². The van der Waals surface area contributed by atoms with Crippen molar-refractivity contribution in [2.24, 2.45) is 0 Å². The number of hydrogen-bond donors (Lipinski definition) is 3. The summed E-state index contributed by atoms with van der Waals surface area (Å²) in [7, 11) is 0. The zero-order chi connectivity index (χ0) is 21.1. The van der Waals surface area contributed by atoms with Gasteiger partial charge in [-0.25, -0.2) is 15.0 Å². The second-order valence-electron chi connectivity index (χ2n) is 6.55. The summed E-state index contributed by atoms with van der Waals surface area (Å²) in [5.74, 6) is -0.431. The first-order chi connectivity index (χ1) is 14.4. The molecule has 154 valence electrons. The summed E-state index contributed by atoms with van der Waals surface area (Å²) in [6, 6.07) is 6.82. The topological polar surface area (TPSA) is 105 Å². The molecule has 0 saturated heterocycles. The highest BCUT2D eigenvalue weighted by Gasteiger charge is 2.35. The zero-order valence-corrected chi connectivity index (χ0v) is 15.5. The normalized spacial score (nSPS) is 13.0. The molecule has 0 aliphatic carbocycles. The first kappa shape index (κ1) is 19.6. The van der Waals surface area contributed by atoms with E-state index in [1.165, 1.54) is 6.33 Å². The second-order valence-corrected chi connectivity index (χ2v) is 6.55. The molecule has 3 N–H and O–H groups in total. The third-order valence-electron chi connectivity index (χ3n) is 4.40. The summed E-state index contributed by atoms with van der Waals surface area (Å²) < 4.78 is 40.0. The zero-order valence-electron chi connectivity index (χ0n) is 15.5.